The van der Waals surface area contributed by atoms with Gasteiger partial charge >= 0.3 is 0 Å². The molecule has 0 bridgehead atoms. The summed E-state index contributed by atoms with van der Waals surface area (Å²) < 4.78 is 53.0. The van der Waals surface area contributed by atoms with Gasteiger partial charge in [0.1, 0.15) is 12.6 Å². The Labute approximate surface area is 206 Å². The van der Waals surface area contributed by atoms with Crippen LogP contribution in [0.3, 0.4) is 0 Å². The summed E-state index contributed by atoms with van der Waals surface area (Å²) in [7, 11) is -4.03. The van der Waals surface area contributed by atoms with E-state index >= 15 is 0 Å². The summed E-state index contributed by atoms with van der Waals surface area (Å²) in [4.78, 5) is 27.9. The molecule has 7 nitrogen and oxygen atoms in total. The van der Waals surface area contributed by atoms with Crippen LogP contribution in [0.1, 0.15) is 44.2 Å². The quantitative estimate of drug-likeness (QED) is 0.442. The number of anilines is 1. The zero-order chi connectivity index (χ0) is 26.2. The summed E-state index contributed by atoms with van der Waals surface area (Å²) >= 11 is 0. The zero-order valence-electron chi connectivity index (χ0n) is 20.6. The number of halogens is 2. The monoisotopic (exact) mass is 509 g/mol. The number of carbonyl (C=O) groups excluding carboxylic acids is 2. The van der Waals surface area contributed by atoms with Crippen molar-refractivity contribution in [1.82, 2.24) is 10.2 Å². The Hall–Kier alpha value is -3.01. The van der Waals surface area contributed by atoms with Gasteiger partial charge in [-0.2, -0.15) is 0 Å². The van der Waals surface area contributed by atoms with Gasteiger partial charge < -0.3 is 10.2 Å². The van der Waals surface area contributed by atoms with Crippen LogP contribution < -0.4 is 9.62 Å². The number of amides is 2. The standard InChI is InChI=1S/C25H33F2N3O4S/c1-5-7-14-28-25(32)23(6-2)29(16-19-11-9-8-10-18(19)3)24(31)17-30(35(4,33)34)20-12-13-21(26)22(27)15-20/h8-13,15,23H,5-7,14,16-17H2,1-4H3,(H,28,32)/t23-/m1/s1. The number of hydrogen-bond acceptors (Lipinski definition) is 4. The molecule has 0 unspecified atom stereocenters. The van der Waals surface area contributed by atoms with Crippen LogP contribution in [0, 0.1) is 18.6 Å². The number of nitrogens with zero attached hydrogens (tertiary/aromatic N) is 2. The highest BCUT2D eigenvalue weighted by Gasteiger charge is 2.32. The average molecular weight is 510 g/mol. The van der Waals surface area contributed by atoms with Crippen LogP contribution in [0.4, 0.5) is 14.5 Å². The van der Waals surface area contributed by atoms with E-state index in [4.69, 9.17) is 0 Å². The van der Waals surface area contributed by atoms with Crippen molar-refractivity contribution in [3.8, 4) is 0 Å². The van der Waals surface area contributed by atoms with Gasteiger partial charge in [0, 0.05) is 19.2 Å². The molecule has 2 aromatic carbocycles. The molecule has 35 heavy (non-hydrogen) atoms. The highest BCUT2D eigenvalue weighted by Crippen LogP contribution is 2.22. The van der Waals surface area contributed by atoms with Crippen LogP contribution >= 0.6 is 0 Å². The molecule has 2 aromatic rings. The second kappa shape index (κ2) is 12.6. The molecule has 0 saturated carbocycles. The van der Waals surface area contributed by atoms with Gasteiger partial charge in [0.15, 0.2) is 11.6 Å². The Morgan fingerprint density at radius 3 is 2.31 bits per heavy atom. The summed E-state index contributed by atoms with van der Waals surface area (Å²) in [5.41, 5.74) is 1.53. The van der Waals surface area contributed by atoms with Crippen LogP contribution in [0.5, 0.6) is 0 Å². The summed E-state index contributed by atoms with van der Waals surface area (Å²) in [5.74, 6) is -3.34. The van der Waals surface area contributed by atoms with Crippen LogP contribution in [-0.4, -0.2) is 50.5 Å². The van der Waals surface area contributed by atoms with Crippen LogP contribution in [0.2, 0.25) is 0 Å². The van der Waals surface area contributed by atoms with Crippen LogP contribution in [0.25, 0.3) is 0 Å². The Balaban J connectivity index is 2.43. The van der Waals surface area contributed by atoms with Gasteiger partial charge in [0.25, 0.3) is 0 Å². The van der Waals surface area contributed by atoms with Crippen LogP contribution in [0.15, 0.2) is 42.5 Å². The Morgan fingerprint density at radius 1 is 1.06 bits per heavy atom. The van der Waals surface area contributed by atoms with Gasteiger partial charge in [-0.15, -0.1) is 0 Å². The molecule has 192 valence electrons. The Morgan fingerprint density at radius 2 is 1.74 bits per heavy atom. The van der Waals surface area contributed by atoms with Crippen molar-refractivity contribution < 1.29 is 26.8 Å². The first kappa shape index (κ1) is 28.2. The van der Waals surface area contributed by atoms with Gasteiger partial charge in [0.2, 0.25) is 21.8 Å². The third kappa shape index (κ3) is 7.74. The fourth-order valence-electron chi connectivity index (χ4n) is 3.65. The minimum Gasteiger partial charge on any atom is -0.354 e. The zero-order valence-corrected chi connectivity index (χ0v) is 21.4. The van der Waals surface area contributed by atoms with Gasteiger partial charge in [-0.05, 0) is 43.0 Å². The van der Waals surface area contributed by atoms with Crippen molar-refractivity contribution in [2.24, 2.45) is 0 Å². The fourth-order valence-corrected chi connectivity index (χ4v) is 4.49. The lowest BCUT2D eigenvalue weighted by Crippen LogP contribution is -2.52. The molecule has 10 heteroatoms. The summed E-state index contributed by atoms with van der Waals surface area (Å²) in [6.07, 6.45) is 2.86. The normalized spacial score (nSPS) is 12.2. The van der Waals surface area contributed by atoms with E-state index in [1.54, 1.807) is 6.92 Å². The first-order valence-corrected chi connectivity index (χ1v) is 13.4. The molecular formula is C25H33F2N3O4S. The molecule has 0 aliphatic rings. The molecule has 0 heterocycles. The second-order valence-electron chi connectivity index (χ2n) is 8.38. The van der Waals surface area contributed by atoms with Gasteiger partial charge in [0.05, 0.1) is 11.9 Å². The van der Waals surface area contributed by atoms with Crippen molar-refractivity contribution in [2.45, 2.75) is 52.6 Å². The summed E-state index contributed by atoms with van der Waals surface area (Å²) in [6.45, 7) is 5.52. The molecule has 0 spiro atoms. The maximum atomic E-state index is 13.8. The molecule has 0 aliphatic heterocycles. The SMILES string of the molecule is CCCCNC(=O)[C@@H](CC)N(Cc1ccccc1C)C(=O)CN(c1ccc(F)c(F)c1)S(C)(=O)=O. The second-order valence-corrected chi connectivity index (χ2v) is 10.3. The van der Waals surface area contributed by atoms with Crippen molar-refractivity contribution >= 4 is 27.5 Å². The summed E-state index contributed by atoms with van der Waals surface area (Å²) in [6, 6.07) is 9.16. The number of nitrogens with one attached hydrogen (secondary N) is 1. The Bertz CT molecular complexity index is 1140. The smallest absolute Gasteiger partial charge is 0.244 e. The number of benzene rings is 2. The minimum absolute atomic E-state index is 0.0839. The predicted octanol–water partition coefficient (Wildman–Crippen LogP) is 3.76. The molecule has 2 amide bonds. The highest BCUT2D eigenvalue weighted by atomic mass is 32.2. The van der Waals surface area contributed by atoms with E-state index in [-0.39, 0.29) is 18.1 Å². The fraction of sp³-hybridized carbons (Fsp3) is 0.440. The number of sulfonamides is 1. The van der Waals surface area contributed by atoms with E-state index in [1.165, 1.54) is 4.90 Å². The number of rotatable bonds is 12. The molecule has 1 N–H and O–H groups in total. The number of hydrogen-bond donors (Lipinski definition) is 1. The lowest BCUT2D eigenvalue weighted by atomic mass is 10.1. The van der Waals surface area contributed by atoms with Crippen LogP contribution in [-0.2, 0) is 26.2 Å². The van der Waals surface area contributed by atoms with Crippen molar-refractivity contribution in [3.05, 3.63) is 65.2 Å². The predicted molar refractivity (Wildman–Crippen MR) is 132 cm³/mol. The molecule has 0 saturated heterocycles. The largest absolute Gasteiger partial charge is 0.354 e. The van der Waals surface area contributed by atoms with E-state index in [9.17, 15) is 26.8 Å². The van der Waals surface area contributed by atoms with Gasteiger partial charge in [-0.3, -0.25) is 13.9 Å². The number of carbonyl (C=O) groups is 2. The highest BCUT2D eigenvalue weighted by molar-refractivity contribution is 7.92. The maximum Gasteiger partial charge on any atom is 0.244 e. The summed E-state index contributed by atoms with van der Waals surface area (Å²) in [5, 5.41) is 2.84. The Kier molecular flexibility index (Phi) is 10.2. The molecule has 2 rings (SSSR count). The van der Waals surface area contributed by atoms with Crippen molar-refractivity contribution in [2.75, 3.05) is 23.7 Å². The lowest BCUT2D eigenvalue weighted by molar-refractivity contribution is -0.140. The van der Waals surface area contributed by atoms with Crippen molar-refractivity contribution in [3.63, 3.8) is 0 Å². The molecule has 0 fully saturated rings. The van der Waals surface area contributed by atoms with Gasteiger partial charge in [-0.1, -0.05) is 44.5 Å². The van der Waals surface area contributed by atoms with E-state index in [2.05, 4.69) is 5.32 Å². The number of aryl methyl sites for hydroxylation is 1. The van der Waals surface area contributed by atoms with E-state index in [1.807, 2.05) is 38.1 Å². The van der Waals surface area contributed by atoms with Gasteiger partial charge in [-0.25, -0.2) is 17.2 Å². The third-order valence-electron chi connectivity index (χ3n) is 5.69. The molecule has 1 atom stereocenters. The van der Waals surface area contributed by atoms with Crippen molar-refractivity contribution in [1.29, 1.82) is 0 Å². The number of unbranched alkanes of at least 4 members (excludes halogenated alkanes) is 1. The average Bonchev–Trinajstić information content (AvgIpc) is 2.79. The molecule has 0 aliphatic carbocycles. The lowest BCUT2D eigenvalue weighted by Gasteiger charge is -2.33. The van der Waals surface area contributed by atoms with E-state index in [0.717, 1.165) is 48.4 Å². The topological polar surface area (TPSA) is 86.8 Å². The third-order valence-corrected chi connectivity index (χ3v) is 6.83. The molecule has 0 aromatic heterocycles. The van der Waals surface area contributed by atoms with E-state index in [0.29, 0.717) is 17.3 Å². The maximum absolute atomic E-state index is 13.8. The van der Waals surface area contributed by atoms with E-state index < -0.39 is 40.2 Å². The first-order valence-electron chi connectivity index (χ1n) is 11.5. The first-order chi connectivity index (χ1) is 16.5. The molecule has 0 radical (unpaired) electrons. The minimum atomic E-state index is -4.03. The molecular weight excluding hydrogens is 476 g/mol.